The fraction of sp³-hybridized carbons (Fsp3) is 0.625. The van der Waals surface area contributed by atoms with E-state index in [1.165, 1.54) is 0 Å². The van der Waals surface area contributed by atoms with Gasteiger partial charge < -0.3 is 3.87 Å². The van der Waals surface area contributed by atoms with E-state index in [2.05, 4.69) is 0 Å². The zero-order valence-corrected chi connectivity index (χ0v) is 16.4. The van der Waals surface area contributed by atoms with Gasteiger partial charge in [0.2, 0.25) is 9.04 Å². The Hall–Kier alpha value is -0.863. The molecule has 0 heterocycles. The maximum Gasteiger partial charge on any atom is 0.522 e. The van der Waals surface area contributed by atoms with Gasteiger partial charge in [-0.15, -0.1) is 0 Å². The monoisotopic (exact) mass is 381 g/mol. The van der Waals surface area contributed by atoms with Gasteiger partial charge in [-0.05, 0) is 23.4 Å². The summed E-state index contributed by atoms with van der Waals surface area (Å²) in [7, 11) is -7.96. The lowest BCUT2D eigenvalue weighted by Crippen LogP contribution is -2.45. The van der Waals surface area contributed by atoms with E-state index < -0.39 is 29.7 Å². The largest absolute Gasteiger partial charge is 0.522 e. The van der Waals surface area contributed by atoms with Gasteiger partial charge in [0.1, 0.15) is 0 Å². The molecule has 0 N–H and O–H groups in total. The van der Waals surface area contributed by atoms with Crippen molar-refractivity contribution in [3.05, 3.63) is 35.9 Å². The molecule has 0 aliphatic carbocycles. The zero-order valence-electron chi connectivity index (χ0n) is 14.6. The second-order valence-corrected chi connectivity index (χ2v) is 12.1. The summed E-state index contributed by atoms with van der Waals surface area (Å²) in [5, 5.41) is -0.796. The minimum absolute atomic E-state index is 0.131. The average molecular weight is 382 g/mol. The summed E-state index contributed by atoms with van der Waals surface area (Å²) < 4.78 is 66.1. The molecule has 8 heteroatoms. The minimum atomic E-state index is -5.61. The highest BCUT2D eigenvalue weighted by Crippen LogP contribution is 2.36. The minimum Gasteiger partial charge on any atom is -0.307 e. The van der Waals surface area contributed by atoms with E-state index in [1.807, 2.05) is 20.8 Å². The van der Waals surface area contributed by atoms with Gasteiger partial charge in [-0.25, -0.2) is 0 Å². The summed E-state index contributed by atoms with van der Waals surface area (Å²) in [6, 6.07) is 9.22. The predicted octanol–water partition coefficient (Wildman–Crippen LogP) is 4.80. The van der Waals surface area contributed by atoms with E-state index in [1.54, 1.807) is 44.2 Å². The quantitative estimate of drug-likeness (QED) is 0.525. The van der Waals surface area contributed by atoms with E-state index in [4.69, 9.17) is 3.87 Å². The van der Waals surface area contributed by atoms with Crippen LogP contribution in [0.1, 0.15) is 46.6 Å². The van der Waals surface area contributed by atoms with E-state index in [-0.39, 0.29) is 5.41 Å². The molecule has 0 aromatic heterocycles. The molecule has 0 saturated carbocycles. The van der Waals surface area contributed by atoms with Crippen molar-refractivity contribution in [3.63, 3.8) is 0 Å². The van der Waals surface area contributed by atoms with E-state index in [9.17, 15) is 21.6 Å². The summed E-state index contributed by atoms with van der Waals surface area (Å²) in [4.78, 5) is 0. The first-order valence-electron chi connectivity index (χ1n) is 7.59. The zero-order chi connectivity index (χ0) is 18.8. The third kappa shape index (κ3) is 5.60. The normalized spacial score (nSPS) is 14.2. The molecule has 1 aromatic rings. The van der Waals surface area contributed by atoms with E-state index >= 15 is 0 Å². The van der Waals surface area contributed by atoms with Crippen molar-refractivity contribution >= 4 is 19.2 Å². The van der Waals surface area contributed by atoms with Crippen LogP contribution in [0.2, 0.25) is 6.04 Å². The number of rotatable bonds is 6. The van der Waals surface area contributed by atoms with Crippen LogP contribution in [0, 0.1) is 5.41 Å². The summed E-state index contributed by atoms with van der Waals surface area (Å²) in [5.41, 5.74) is -4.77. The summed E-state index contributed by atoms with van der Waals surface area (Å²) in [6.07, 6.45) is 0.574. The molecule has 0 aliphatic rings. The Balaban J connectivity index is 3.19. The molecule has 3 nitrogen and oxygen atoms in total. The molecule has 0 amide bonds. The first-order chi connectivity index (χ1) is 10.7. The van der Waals surface area contributed by atoms with Crippen molar-refractivity contribution in [1.29, 1.82) is 0 Å². The second-order valence-electron chi connectivity index (χ2n) is 7.46. The molecule has 0 spiro atoms. The molecule has 0 saturated heterocycles. The fourth-order valence-corrected chi connectivity index (χ4v) is 6.84. The maximum atomic E-state index is 12.8. The number of benzene rings is 1. The topological polar surface area (TPSA) is 43.4 Å². The van der Waals surface area contributed by atoms with Crippen molar-refractivity contribution in [2.45, 2.75) is 57.6 Å². The van der Waals surface area contributed by atoms with Crippen molar-refractivity contribution in [3.8, 4) is 0 Å². The molecule has 0 bridgehead atoms. The van der Waals surface area contributed by atoms with E-state index in [0.29, 0.717) is 12.5 Å². The Morgan fingerprint density at radius 3 is 1.92 bits per heavy atom. The van der Waals surface area contributed by atoms with Gasteiger partial charge >= 0.3 is 15.6 Å². The molecule has 1 rings (SSSR count). The number of alkyl halides is 3. The highest BCUT2D eigenvalue weighted by Gasteiger charge is 2.51. The lowest BCUT2D eigenvalue weighted by atomic mass is 9.94. The van der Waals surface area contributed by atoms with Gasteiger partial charge in [0.15, 0.2) is 0 Å². The van der Waals surface area contributed by atoms with Crippen molar-refractivity contribution in [2.75, 3.05) is 0 Å². The number of halogens is 3. The van der Waals surface area contributed by atoms with E-state index in [0.717, 1.165) is 5.56 Å². The van der Waals surface area contributed by atoms with Crippen LogP contribution in [0.25, 0.3) is 0 Å². The Labute approximate surface area is 144 Å². The van der Waals surface area contributed by atoms with Gasteiger partial charge in [-0.2, -0.15) is 21.6 Å². The standard InChI is InChI=1S/C16H24F3O3SSi/c1-14(2,3)11-12-24(22-23(20,21)16(17,18)19)15(4,5)13-9-7-6-8-10-13/h6-10H,11-12H2,1-5H3. The van der Waals surface area contributed by atoms with Crippen LogP contribution in [0.5, 0.6) is 0 Å². The van der Waals surface area contributed by atoms with Crippen LogP contribution in [0.15, 0.2) is 30.3 Å². The fourth-order valence-electron chi connectivity index (χ4n) is 2.14. The molecule has 1 aromatic carbocycles. The SMILES string of the molecule is CC(C)(C)CC[Si](OS(=O)(=O)C(F)(F)F)C(C)(C)c1ccccc1. The maximum absolute atomic E-state index is 12.8. The van der Waals surface area contributed by atoms with Crippen LogP contribution in [-0.4, -0.2) is 23.0 Å². The van der Waals surface area contributed by atoms with Gasteiger partial charge in [0.25, 0.3) is 0 Å². The summed E-state index contributed by atoms with van der Waals surface area (Å²) in [5.74, 6) is 0. The van der Waals surface area contributed by atoms with Crippen LogP contribution in [0.4, 0.5) is 13.2 Å². The number of hydrogen-bond acceptors (Lipinski definition) is 3. The second kappa shape index (κ2) is 7.17. The van der Waals surface area contributed by atoms with Gasteiger partial charge in [0.05, 0.1) is 0 Å². The van der Waals surface area contributed by atoms with Crippen LogP contribution >= 0.6 is 0 Å². The molecular formula is C16H24F3O3SSi. The Morgan fingerprint density at radius 1 is 1.00 bits per heavy atom. The third-order valence-electron chi connectivity index (χ3n) is 3.79. The first kappa shape index (κ1) is 21.2. The lowest BCUT2D eigenvalue weighted by Gasteiger charge is -2.33. The molecule has 0 atom stereocenters. The Bertz CT molecular complexity index is 635. The molecule has 137 valence electrons. The lowest BCUT2D eigenvalue weighted by molar-refractivity contribution is -0.0503. The Kier molecular flexibility index (Phi) is 6.33. The smallest absolute Gasteiger partial charge is 0.307 e. The van der Waals surface area contributed by atoms with Gasteiger partial charge in [-0.1, -0.05) is 65.0 Å². The highest BCUT2D eigenvalue weighted by atomic mass is 32.2. The molecular weight excluding hydrogens is 357 g/mol. The van der Waals surface area contributed by atoms with Crippen LogP contribution in [-0.2, 0) is 19.0 Å². The first-order valence-corrected chi connectivity index (χ1v) is 10.6. The van der Waals surface area contributed by atoms with Crippen molar-refractivity contribution in [1.82, 2.24) is 0 Å². The molecule has 1 radical (unpaired) electrons. The number of hydrogen-bond donors (Lipinski definition) is 0. The molecule has 24 heavy (non-hydrogen) atoms. The van der Waals surface area contributed by atoms with Crippen molar-refractivity contribution in [2.24, 2.45) is 5.41 Å². The Morgan fingerprint density at radius 2 is 1.50 bits per heavy atom. The van der Waals surface area contributed by atoms with Gasteiger partial charge in [-0.3, -0.25) is 0 Å². The van der Waals surface area contributed by atoms with Crippen LogP contribution < -0.4 is 0 Å². The van der Waals surface area contributed by atoms with Gasteiger partial charge in [0, 0.05) is 5.04 Å². The molecule has 0 fully saturated rings. The predicted molar refractivity (Wildman–Crippen MR) is 90.2 cm³/mol. The highest BCUT2D eigenvalue weighted by molar-refractivity contribution is 7.88. The summed E-state index contributed by atoms with van der Waals surface area (Å²) in [6.45, 7) is 9.36. The summed E-state index contributed by atoms with van der Waals surface area (Å²) >= 11 is 0. The third-order valence-corrected chi connectivity index (χ3v) is 8.42. The molecule has 0 aliphatic heterocycles. The van der Waals surface area contributed by atoms with Crippen molar-refractivity contribution < 1.29 is 25.5 Å². The van der Waals surface area contributed by atoms with Crippen LogP contribution in [0.3, 0.4) is 0 Å². The molecule has 0 unspecified atom stereocenters. The average Bonchev–Trinajstić information content (AvgIpc) is 2.42.